The van der Waals surface area contributed by atoms with Crippen LogP contribution in [0.5, 0.6) is 5.75 Å². The monoisotopic (exact) mass is 424 g/mol. The van der Waals surface area contributed by atoms with Gasteiger partial charge in [0.15, 0.2) is 5.78 Å². The number of benzene rings is 3. The summed E-state index contributed by atoms with van der Waals surface area (Å²) in [5, 5.41) is 7.23. The molecule has 0 saturated heterocycles. The molecule has 1 aliphatic heterocycles. The highest BCUT2D eigenvalue weighted by Gasteiger charge is 2.35. The summed E-state index contributed by atoms with van der Waals surface area (Å²) < 4.78 is 5.79. The van der Waals surface area contributed by atoms with Crippen LogP contribution in [0.4, 0.5) is 11.4 Å². The molecule has 1 heterocycles. The summed E-state index contributed by atoms with van der Waals surface area (Å²) in [6.07, 6.45) is 1.44. The van der Waals surface area contributed by atoms with Gasteiger partial charge in [-0.3, -0.25) is 4.79 Å². The second-order valence-corrected chi connectivity index (χ2v) is 8.81. The Morgan fingerprint density at radius 1 is 0.812 bits per heavy atom. The van der Waals surface area contributed by atoms with Gasteiger partial charge in [0.05, 0.1) is 23.5 Å². The molecule has 0 aromatic heterocycles. The Morgan fingerprint density at radius 3 is 2.22 bits per heavy atom. The lowest BCUT2D eigenvalue weighted by Gasteiger charge is -2.30. The Labute approximate surface area is 189 Å². The molecule has 2 N–H and O–H groups in total. The van der Waals surface area contributed by atoms with Crippen LogP contribution < -0.4 is 15.4 Å². The first-order valence-corrected chi connectivity index (χ1v) is 11.3. The maximum absolute atomic E-state index is 13.5. The number of hydrogen-bond acceptors (Lipinski definition) is 4. The molecule has 2 unspecified atom stereocenters. The average Bonchev–Trinajstić information content (AvgIpc) is 2.96. The average molecular weight is 425 g/mol. The summed E-state index contributed by atoms with van der Waals surface area (Å²) in [4.78, 5) is 13.5. The molecule has 3 aromatic carbocycles. The minimum Gasteiger partial charge on any atom is -0.491 e. The van der Waals surface area contributed by atoms with Crippen LogP contribution in [0.1, 0.15) is 49.8 Å². The van der Waals surface area contributed by atoms with Crippen LogP contribution >= 0.6 is 0 Å². The van der Waals surface area contributed by atoms with Crippen molar-refractivity contribution >= 4 is 17.2 Å². The van der Waals surface area contributed by atoms with Crippen molar-refractivity contribution in [2.75, 3.05) is 10.6 Å². The fraction of sp³-hybridized carbons (Fsp3) is 0.250. The number of rotatable bonds is 4. The summed E-state index contributed by atoms with van der Waals surface area (Å²) in [5.41, 5.74) is 6.15. The Bertz CT molecular complexity index is 1150. The highest BCUT2D eigenvalue weighted by Crippen LogP contribution is 2.44. The molecule has 2 aliphatic rings. The van der Waals surface area contributed by atoms with E-state index in [2.05, 4.69) is 47.0 Å². The highest BCUT2D eigenvalue weighted by molar-refractivity contribution is 6.01. The SMILES string of the molecule is CC(C)Oc1ccc(C2CC(=O)C3=C(C2)Nc2ccccc2NC3c2ccccc2)cc1. The zero-order valence-corrected chi connectivity index (χ0v) is 18.5. The van der Waals surface area contributed by atoms with E-state index in [1.807, 2.05) is 56.3 Å². The third-order valence-electron chi connectivity index (χ3n) is 6.17. The van der Waals surface area contributed by atoms with Gasteiger partial charge >= 0.3 is 0 Å². The number of ketones is 1. The van der Waals surface area contributed by atoms with Crippen LogP contribution in [-0.2, 0) is 4.79 Å². The zero-order chi connectivity index (χ0) is 22.1. The Hall–Kier alpha value is -3.53. The van der Waals surface area contributed by atoms with Gasteiger partial charge < -0.3 is 15.4 Å². The molecule has 0 fully saturated rings. The maximum atomic E-state index is 13.5. The summed E-state index contributed by atoms with van der Waals surface area (Å²) >= 11 is 0. The highest BCUT2D eigenvalue weighted by atomic mass is 16.5. The molecule has 0 radical (unpaired) electrons. The number of Topliss-reactive ketones (excluding diaryl/α,β-unsaturated/α-hetero) is 1. The molecule has 4 heteroatoms. The number of allylic oxidation sites excluding steroid dienone is 1. The van der Waals surface area contributed by atoms with Gasteiger partial charge in [0, 0.05) is 17.7 Å². The molecule has 3 aromatic rings. The maximum Gasteiger partial charge on any atom is 0.163 e. The van der Waals surface area contributed by atoms with Crippen molar-refractivity contribution in [3.05, 3.63) is 101 Å². The minimum atomic E-state index is -0.169. The van der Waals surface area contributed by atoms with Gasteiger partial charge in [-0.2, -0.15) is 0 Å². The van der Waals surface area contributed by atoms with Crippen molar-refractivity contribution in [2.24, 2.45) is 0 Å². The van der Waals surface area contributed by atoms with E-state index in [0.29, 0.717) is 6.42 Å². The molecule has 0 amide bonds. The lowest BCUT2D eigenvalue weighted by molar-refractivity contribution is -0.116. The quantitative estimate of drug-likeness (QED) is 0.505. The molecule has 1 aliphatic carbocycles. The molecule has 32 heavy (non-hydrogen) atoms. The van der Waals surface area contributed by atoms with E-state index in [-0.39, 0.29) is 23.8 Å². The fourth-order valence-electron chi connectivity index (χ4n) is 4.71. The standard InChI is InChI=1S/C28H28N2O2/c1-18(2)32-22-14-12-19(13-15-22)21-16-25-27(26(31)17-21)28(20-8-4-3-5-9-20)30-24-11-7-6-10-23(24)29-25/h3-15,18,21,28-30H,16-17H2,1-2H3. The molecular weight excluding hydrogens is 396 g/mol. The largest absolute Gasteiger partial charge is 0.491 e. The second-order valence-electron chi connectivity index (χ2n) is 8.81. The predicted octanol–water partition coefficient (Wildman–Crippen LogP) is 6.45. The molecule has 0 saturated carbocycles. The van der Waals surface area contributed by atoms with Crippen molar-refractivity contribution in [3.8, 4) is 5.75 Å². The van der Waals surface area contributed by atoms with Crippen molar-refractivity contribution in [1.29, 1.82) is 0 Å². The van der Waals surface area contributed by atoms with Crippen LogP contribution in [0.3, 0.4) is 0 Å². The first-order chi connectivity index (χ1) is 15.6. The number of fused-ring (bicyclic) bond motifs is 1. The van der Waals surface area contributed by atoms with Crippen LogP contribution in [0, 0.1) is 0 Å². The van der Waals surface area contributed by atoms with E-state index in [0.717, 1.165) is 40.4 Å². The number of anilines is 2. The molecule has 0 bridgehead atoms. The first kappa shape index (κ1) is 20.4. The number of hydrogen-bond donors (Lipinski definition) is 2. The normalized spacial score (nSPS) is 20.0. The Balaban J connectivity index is 1.51. The third kappa shape index (κ3) is 4.01. The van der Waals surface area contributed by atoms with Crippen molar-refractivity contribution in [2.45, 2.75) is 44.8 Å². The van der Waals surface area contributed by atoms with E-state index in [9.17, 15) is 4.79 Å². The van der Waals surface area contributed by atoms with Gasteiger partial charge in [0.2, 0.25) is 0 Å². The number of carbonyl (C=O) groups is 1. The zero-order valence-electron chi connectivity index (χ0n) is 18.5. The number of ether oxygens (including phenoxy) is 1. The molecular formula is C28H28N2O2. The van der Waals surface area contributed by atoms with Crippen molar-refractivity contribution < 1.29 is 9.53 Å². The Kier molecular flexibility index (Phi) is 5.44. The van der Waals surface area contributed by atoms with E-state index in [4.69, 9.17) is 4.74 Å². The number of para-hydroxylation sites is 2. The lowest BCUT2D eigenvalue weighted by Crippen LogP contribution is -2.26. The molecule has 4 nitrogen and oxygen atoms in total. The third-order valence-corrected chi connectivity index (χ3v) is 6.17. The minimum absolute atomic E-state index is 0.141. The lowest BCUT2D eigenvalue weighted by atomic mass is 9.78. The number of nitrogens with one attached hydrogen (secondary N) is 2. The van der Waals surface area contributed by atoms with Gasteiger partial charge in [0.25, 0.3) is 0 Å². The summed E-state index contributed by atoms with van der Waals surface area (Å²) in [7, 11) is 0. The summed E-state index contributed by atoms with van der Waals surface area (Å²) in [6, 6.07) is 26.4. The van der Waals surface area contributed by atoms with Crippen LogP contribution in [0.15, 0.2) is 90.1 Å². The summed E-state index contributed by atoms with van der Waals surface area (Å²) in [6.45, 7) is 4.04. The number of carbonyl (C=O) groups excluding carboxylic acids is 1. The van der Waals surface area contributed by atoms with Gasteiger partial charge in [-0.15, -0.1) is 0 Å². The first-order valence-electron chi connectivity index (χ1n) is 11.3. The van der Waals surface area contributed by atoms with Gasteiger partial charge in [-0.25, -0.2) is 0 Å². The van der Waals surface area contributed by atoms with Crippen LogP contribution in [-0.4, -0.2) is 11.9 Å². The van der Waals surface area contributed by atoms with Crippen LogP contribution in [0.25, 0.3) is 0 Å². The smallest absolute Gasteiger partial charge is 0.163 e. The van der Waals surface area contributed by atoms with Gasteiger partial charge in [-0.05, 0) is 61.6 Å². The summed E-state index contributed by atoms with van der Waals surface area (Å²) in [5.74, 6) is 1.20. The predicted molar refractivity (Wildman–Crippen MR) is 129 cm³/mol. The van der Waals surface area contributed by atoms with E-state index >= 15 is 0 Å². The van der Waals surface area contributed by atoms with Crippen molar-refractivity contribution in [3.63, 3.8) is 0 Å². The molecule has 5 rings (SSSR count). The second kappa shape index (κ2) is 8.54. The molecule has 0 spiro atoms. The van der Waals surface area contributed by atoms with Gasteiger partial charge in [-0.1, -0.05) is 54.6 Å². The van der Waals surface area contributed by atoms with Crippen molar-refractivity contribution in [1.82, 2.24) is 0 Å². The van der Waals surface area contributed by atoms with Crippen LogP contribution in [0.2, 0.25) is 0 Å². The van der Waals surface area contributed by atoms with E-state index in [1.165, 1.54) is 5.56 Å². The fourth-order valence-corrected chi connectivity index (χ4v) is 4.71. The van der Waals surface area contributed by atoms with Gasteiger partial charge in [0.1, 0.15) is 5.75 Å². The van der Waals surface area contributed by atoms with E-state index < -0.39 is 0 Å². The van der Waals surface area contributed by atoms with E-state index in [1.54, 1.807) is 0 Å². The Morgan fingerprint density at radius 2 is 1.50 bits per heavy atom. The molecule has 162 valence electrons. The molecule has 2 atom stereocenters. The topological polar surface area (TPSA) is 50.4 Å².